The number of aromatic nitrogens is 2. The summed E-state index contributed by atoms with van der Waals surface area (Å²) in [5, 5.41) is 3.51. The summed E-state index contributed by atoms with van der Waals surface area (Å²) in [6.45, 7) is 5.48. The molecule has 0 aliphatic heterocycles. The summed E-state index contributed by atoms with van der Waals surface area (Å²) in [5.41, 5.74) is -0.342. The molecule has 0 bridgehead atoms. The van der Waals surface area contributed by atoms with Crippen LogP contribution in [0, 0.1) is 6.92 Å². The molecule has 1 aromatic carbocycles. The summed E-state index contributed by atoms with van der Waals surface area (Å²) in [5.74, 6) is -0.635. The van der Waals surface area contributed by atoms with Crippen molar-refractivity contribution < 1.29 is 22.7 Å². The molecule has 1 aromatic heterocycles. The first kappa shape index (κ1) is 17.7. The summed E-state index contributed by atoms with van der Waals surface area (Å²) in [7, 11) is 1.20. The lowest BCUT2D eigenvalue weighted by Crippen LogP contribution is -2.11. The molecule has 0 aliphatic carbocycles. The molecule has 0 fully saturated rings. The molecule has 4 nitrogen and oxygen atoms in total. The first-order chi connectivity index (χ1) is 10.3. The van der Waals surface area contributed by atoms with Crippen molar-refractivity contribution in [1.82, 2.24) is 9.78 Å². The third kappa shape index (κ3) is 3.66. The molecule has 1 heterocycles. The van der Waals surface area contributed by atoms with Crippen molar-refractivity contribution in [2.75, 3.05) is 7.11 Å². The number of alkyl halides is 3. The third-order valence-electron chi connectivity index (χ3n) is 2.72. The Kier molecular flexibility index (Phi) is 5.73. The second-order valence-electron chi connectivity index (χ2n) is 4.09. The van der Waals surface area contributed by atoms with Crippen molar-refractivity contribution >= 4 is 5.97 Å². The van der Waals surface area contributed by atoms with Gasteiger partial charge in [0.25, 0.3) is 0 Å². The van der Waals surface area contributed by atoms with Gasteiger partial charge in [0.15, 0.2) is 5.69 Å². The molecule has 0 saturated heterocycles. The van der Waals surface area contributed by atoms with Gasteiger partial charge in [-0.05, 0) is 25.1 Å². The van der Waals surface area contributed by atoms with Gasteiger partial charge in [-0.15, -0.1) is 0 Å². The van der Waals surface area contributed by atoms with Gasteiger partial charge in [0.1, 0.15) is 0 Å². The van der Waals surface area contributed by atoms with Crippen LogP contribution in [0.4, 0.5) is 13.2 Å². The second-order valence-corrected chi connectivity index (χ2v) is 4.09. The van der Waals surface area contributed by atoms with E-state index >= 15 is 0 Å². The molecule has 7 heteroatoms. The number of methoxy groups -OCH3 is 1. The Morgan fingerprint density at radius 1 is 1.23 bits per heavy atom. The fourth-order valence-electron chi connectivity index (χ4n) is 1.80. The number of para-hydroxylation sites is 1. The van der Waals surface area contributed by atoms with Gasteiger partial charge in [0, 0.05) is 5.69 Å². The van der Waals surface area contributed by atoms with Crippen molar-refractivity contribution in [2.24, 2.45) is 0 Å². The number of aryl methyl sites for hydroxylation is 1. The molecule has 0 amide bonds. The lowest BCUT2D eigenvalue weighted by molar-refractivity contribution is -0.141. The summed E-state index contributed by atoms with van der Waals surface area (Å²) in [6, 6.07) is 7.10. The largest absolute Gasteiger partial charge is 0.465 e. The highest BCUT2D eigenvalue weighted by Gasteiger charge is 2.34. The number of rotatable bonds is 2. The molecule has 0 radical (unpaired) electrons. The Morgan fingerprint density at radius 3 is 2.32 bits per heavy atom. The quantitative estimate of drug-likeness (QED) is 0.787. The lowest BCUT2D eigenvalue weighted by atomic mass is 10.2. The van der Waals surface area contributed by atoms with E-state index in [1.54, 1.807) is 12.1 Å². The molecule has 120 valence electrons. The van der Waals surface area contributed by atoms with Crippen LogP contribution in [0.25, 0.3) is 5.69 Å². The van der Waals surface area contributed by atoms with E-state index in [9.17, 15) is 18.0 Å². The zero-order chi connectivity index (χ0) is 16.9. The second kappa shape index (κ2) is 7.11. The van der Waals surface area contributed by atoms with Crippen molar-refractivity contribution in [3.8, 4) is 5.69 Å². The highest BCUT2D eigenvalue weighted by molar-refractivity contribution is 5.93. The molecule has 0 saturated carbocycles. The standard InChI is InChI=1S/C13H11F3N2O2.C2H6/c1-8-7-11(13(14,15)16)17-18(8)10-6-4-3-5-9(10)12(19)20-2;1-2/h3-7H,1-2H3;1-2H3. The predicted molar refractivity (Wildman–Crippen MR) is 76.0 cm³/mol. The van der Waals surface area contributed by atoms with Crippen LogP contribution < -0.4 is 0 Å². The molecule has 0 spiro atoms. The van der Waals surface area contributed by atoms with Crippen LogP contribution in [0.15, 0.2) is 30.3 Å². The van der Waals surface area contributed by atoms with E-state index in [-0.39, 0.29) is 16.9 Å². The van der Waals surface area contributed by atoms with Crippen LogP contribution in [0.3, 0.4) is 0 Å². The van der Waals surface area contributed by atoms with Crippen molar-refractivity contribution in [1.29, 1.82) is 0 Å². The highest BCUT2D eigenvalue weighted by atomic mass is 19.4. The van der Waals surface area contributed by atoms with Crippen molar-refractivity contribution in [3.63, 3.8) is 0 Å². The van der Waals surface area contributed by atoms with Crippen LogP contribution in [-0.4, -0.2) is 22.9 Å². The van der Waals surface area contributed by atoms with Crippen LogP contribution in [0.5, 0.6) is 0 Å². The van der Waals surface area contributed by atoms with Gasteiger partial charge in [-0.3, -0.25) is 0 Å². The Hall–Kier alpha value is -2.31. The van der Waals surface area contributed by atoms with Crippen molar-refractivity contribution in [3.05, 3.63) is 47.3 Å². The Morgan fingerprint density at radius 2 is 1.82 bits per heavy atom. The fraction of sp³-hybridized carbons (Fsp3) is 0.333. The van der Waals surface area contributed by atoms with Gasteiger partial charge in [-0.2, -0.15) is 18.3 Å². The first-order valence-corrected chi connectivity index (χ1v) is 6.66. The van der Waals surface area contributed by atoms with Gasteiger partial charge in [0.2, 0.25) is 0 Å². The van der Waals surface area contributed by atoms with Gasteiger partial charge in [-0.25, -0.2) is 9.48 Å². The maximum absolute atomic E-state index is 12.7. The topological polar surface area (TPSA) is 44.1 Å². The van der Waals surface area contributed by atoms with Crippen LogP contribution in [0.1, 0.15) is 35.6 Å². The molecule has 2 aromatic rings. The van der Waals surface area contributed by atoms with Crippen LogP contribution in [0.2, 0.25) is 0 Å². The summed E-state index contributed by atoms with van der Waals surface area (Å²) in [4.78, 5) is 11.6. The average molecular weight is 314 g/mol. The summed E-state index contributed by atoms with van der Waals surface area (Å²) < 4.78 is 43.7. The minimum Gasteiger partial charge on any atom is -0.465 e. The molecule has 22 heavy (non-hydrogen) atoms. The van der Waals surface area contributed by atoms with Crippen LogP contribution in [-0.2, 0) is 10.9 Å². The van der Waals surface area contributed by atoms with Crippen LogP contribution >= 0.6 is 0 Å². The lowest BCUT2D eigenvalue weighted by Gasteiger charge is -2.09. The van der Waals surface area contributed by atoms with E-state index < -0.39 is 17.8 Å². The predicted octanol–water partition coefficient (Wildman–Crippen LogP) is 4.01. The molecule has 0 N–H and O–H groups in total. The number of ether oxygens (including phenoxy) is 1. The summed E-state index contributed by atoms with van der Waals surface area (Å²) >= 11 is 0. The van der Waals surface area contributed by atoms with E-state index in [1.807, 2.05) is 13.8 Å². The van der Waals surface area contributed by atoms with E-state index in [0.29, 0.717) is 0 Å². The molecule has 0 atom stereocenters. The van der Waals surface area contributed by atoms with Gasteiger partial charge in [0.05, 0.1) is 18.4 Å². The van der Waals surface area contributed by atoms with Gasteiger partial charge < -0.3 is 4.74 Å². The smallest absolute Gasteiger partial charge is 0.435 e. The number of carbonyl (C=O) groups excluding carboxylic acids is 1. The number of benzene rings is 1. The molecule has 2 rings (SSSR count). The molecule has 0 aliphatic rings. The molecular formula is C15H17F3N2O2. The van der Waals surface area contributed by atoms with Gasteiger partial charge >= 0.3 is 12.1 Å². The fourth-order valence-corrected chi connectivity index (χ4v) is 1.80. The first-order valence-electron chi connectivity index (χ1n) is 6.66. The number of nitrogens with zero attached hydrogens (tertiary/aromatic N) is 2. The zero-order valence-corrected chi connectivity index (χ0v) is 12.7. The minimum absolute atomic E-state index is 0.148. The Bertz CT molecular complexity index is 648. The minimum atomic E-state index is -4.53. The monoisotopic (exact) mass is 314 g/mol. The number of hydrogen-bond donors (Lipinski definition) is 0. The SMILES string of the molecule is CC.COC(=O)c1ccccc1-n1nc(C(F)(F)F)cc1C. The number of carbonyl (C=O) groups is 1. The van der Waals surface area contributed by atoms with E-state index in [4.69, 9.17) is 0 Å². The Balaban J connectivity index is 0.00000116. The van der Waals surface area contributed by atoms with Gasteiger partial charge in [-0.1, -0.05) is 26.0 Å². The maximum atomic E-state index is 12.7. The van der Waals surface area contributed by atoms with E-state index in [2.05, 4.69) is 9.84 Å². The molecule has 0 unspecified atom stereocenters. The zero-order valence-electron chi connectivity index (χ0n) is 12.7. The summed E-state index contributed by atoms with van der Waals surface area (Å²) in [6.07, 6.45) is -4.53. The number of esters is 1. The average Bonchev–Trinajstić information content (AvgIpc) is 2.90. The third-order valence-corrected chi connectivity index (χ3v) is 2.72. The number of halogens is 3. The van der Waals surface area contributed by atoms with Crippen molar-refractivity contribution in [2.45, 2.75) is 26.9 Å². The maximum Gasteiger partial charge on any atom is 0.435 e. The normalized spacial score (nSPS) is 10.7. The number of hydrogen-bond acceptors (Lipinski definition) is 3. The molecular weight excluding hydrogens is 297 g/mol. The van der Waals surface area contributed by atoms with E-state index in [1.165, 1.54) is 26.2 Å². The van der Waals surface area contributed by atoms with E-state index in [0.717, 1.165) is 10.7 Å². The Labute approximate surface area is 126 Å². The highest BCUT2D eigenvalue weighted by Crippen LogP contribution is 2.29.